The topological polar surface area (TPSA) is 77.8 Å². The van der Waals surface area contributed by atoms with Gasteiger partial charge in [-0.3, -0.25) is 0 Å². The highest BCUT2D eigenvalue weighted by Gasteiger charge is 2.31. The highest BCUT2D eigenvalue weighted by molar-refractivity contribution is 5.86. The van der Waals surface area contributed by atoms with Crippen molar-refractivity contribution in [3.8, 4) is 0 Å². The van der Waals surface area contributed by atoms with Crippen molar-refractivity contribution in [2.24, 2.45) is 0 Å². The summed E-state index contributed by atoms with van der Waals surface area (Å²) in [6.45, 7) is 4.53. The fourth-order valence-corrected chi connectivity index (χ4v) is 0.656. The molecule has 11 heavy (non-hydrogen) atoms. The van der Waals surface area contributed by atoms with E-state index in [-0.39, 0.29) is 0 Å². The molecule has 0 aliphatic carbocycles. The van der Waals surface area contributed by atoms with E-state index in [9.17, 15) is 9.59 Å². The Balaban J connectivity index is 4.63. The Morgan fingerprint density at radius 2 is 1.36 bits per heavy atom. The first kappa shape index (κ1) is 9.74. The molecule has 0 aromatic heterocycles. The van der Waals surface area contributed by atoms with Crippen molar-refractivity contribution in [1.82, 2.24) is 4.90 Å². The van der Waals surface area contributed by atoms with Crippen LogP contribution in [0.3, 0.4) is 0 Å². The van der Waals surface area contributed by atoms with Crippen LogP contribution in [-0.2, 0) is 0 Å². The Morgan fingerprint density at radius 3 is 1.36 bits per heavy atom. The van der Waals surface area contributed by atoms with Crippen molar-refractivity contribution in [1.29, 1.82) is 0 Å². The molecule has 0 aliphatic rings. The number of rotatable bonds is 0. The third kappa shape index (κ3) is 2.45. The second kappa shape index (κ2) is 2.77. The fraction of sp³-hybridized carbons (Fsp3) is 0.667. The molecule has 0 rings (SSSR count). The van der Waals surface area contributed by atoms with Crippen molar-refractivity contribution >= 4 is 12.2 Å². The predicted molar refractivity (Wildman–Crippen MR) is 37.6 cm³/mol. The van der Waals surface area contributed by atoms with Crippen LogP contribution in [0.2, 0.25) is 0 Å². The molecule has 64 valence electrons. The third-order valence-electron chi connectivity index (χ3n) is 1.05. The van der Waals surface area contributed by atoms with Gasteiger partial charge in [0.05, 0.1) is 0 Å². The Morgan fingerprint density at radius 1 is 1.09 bits per heavy atom. The Bertz CT molecular complexity index is 168. The Kier molecular flexibility index (Phi) is 2.46. The smallest absolute Gasteiger partial charge is 0.417 e. The lowest BCUT2D eigenvalue weighted by atomic mass is 10.1. The van der Waals surface area contributed by atoms with Gasteiger partial charge in [0.2, 0.25) is 0 Å². The van der Waals surface area contributed by atoms with E-state index in [1.165, 1.54) is 20.8 Å². The van der Waals surface area contributed by atoms with E-state index in [1.54, 1.807) is 0 Å². The molecule has 0 atom stereocenters. The van der Waals surface area contributed by atoms with Crippen LogP contribution in [0.4, 0.5) is 9.59 Å². The van der Waals surface area contributed by atoms with E-state index >= 15 is 0 Å². The van der Waals surface area contributed by atoms with Crippen molar-refractivity contribution in [2.75, 3.05) is 0 Å². The maximum absolute atomic E-state index is 10.3. The normalized spacial score (nSPS) is 10.8. The van der Waals surface area contributed by atoms with Gasteiger partial charge in [-0.15, -0.1) is 0 Å². The van der Waals surface area contributed by atoms with Crippen molar-refractivity contribution in [3.63, 3.8) is 0 Å². The average molecular weight is 161 g/mol. The number of nitrogens with zero attached hydrogens (tertiary/aromatic N) is 1. The summed E-state index contributed by atoms with van der Waals surface area (Å²) >= 11 is 0. The monoisotopic (exact) mass is 161 g/mol. The van der Waals surface area contributed by atoms with Crippen LogP contribution in [0, 0.1) is 0 Å². The van der Waals surface area contributed by atoms with Crippen LogP contribution in [0.5, 0.6) is 0 Å². The first-order valence-corrected chi connectivity index (χ1v) is 3.03. The molecule has 0 unspecified atom stereocenters. The lowest BCUT2D eigenvalue weighted by molar-refractivity contribution is 0.0884. The van der Waals surface area contributed by atoms with Gasteiger partial charge in [-0.1, -0.05) is 0 Å². The SMILES string of the molecule is CC(C)(C)N(C(=O)O)C(=O)O. The number of hydrogen-bond donors (Lipinski definition) is 2. The zero-order valence-electron chi connectivity index (χ0n) is 6.66. The molecule has 5 nitrogen and oxygen atoms in total. The summed E-state index contributed by atoms with van der Waals surface area (Å²) < 4.78 is 0. The maximum atomic E-state index is 10.3. The van der Waals surface area contributed by atoms with Crippen molar-refractivity contribution < 1.29 is 19.8 Å². The minimum Gasteiger partial charge on any atom is -0.465 e. The molecular formula is C6H11NO4. The fourth-order valence-electron chi connectivity index (χ4n) is 0.656. The van der Waals surface area contributed by atoms with Gasteiger partial charge >= 0.3 is 12.2 Å². The number of hydrogen-bond acceptors (Lipinski definition) is 2. The summed E-state index contributed by atoms with van der Waals surface area (Å²) in [5, 5.41) is 16.8. The highest BCUT2D eigenvalue weighted by Crippen LogP contribution is 2.12. The molecule has 0 saturated heterocycles. The zero-order chi connectivity index (χ0) is 9.23. The summed E-state index contributed by atoms with van der Waals surface area (Å²) in [6, 6.07) is 0. The predicted octanol–water partition coefficient (Wildman–Crippen LogP) is 1.44. The Labute approximate surface area is 64.2 Å². The van der Waals surface area contributed by atoms with Crippen molar-refractivity contribution in [3.05, 3.63) is 0 Å². The second-order valence-electron chi connectivity index (χ2n) is 3.07. The molecule has 0 aromatic carbocycles. The largest absolute Gasteiger partial charge is 0.465 e. The molecule has 0 aliphatic heterocycles. The van der Waals surface area contributed by atoms with E-state index < -0.39 is 17.7 Å². The molecule has 0 radical (unpaired) electrons. The van der Waals surface area contributed by atoms with Crippen LogP contribution in [-0.4, -0.2) is 32.8 Å². The lowest BCUT2D eigenvalue weighted by Crippen LogP contribution is -2.48. The zero-order valence-corrected chi connectivity index (χ0v) is 6.66. The van der Waals surface area contributed by atoms with E-state index in [0.717, 1.165) is 0 Å². The van der Waals surface area contributed by atoms with Gasteiger partial charge in [0.15, 0.2) is 0 Å². The van der Waals surface area contributed by atoms with Gasteiger partial charge < -0.3 is 10.2 Å². The number of amides is 2. The summed E-state index contributed by atoms with van der Waals surface area (Å²) in [7, 11) is 0. The van der Waals surface area contributed by atoms with Crippen molar-refractivity contribution in [2.45, 2.75) is 26.3 Å². The molecule has 5 heteroatoms. The van der Waals surface area contributed by atoms with Crippen LogP contribution in [0.15, 0.2) is 0 Å². The summed E-state index contributed by atoms with van der Waals surface area (Å²) in [4.78, 5) is 21.0. The summed E-state index contributed by atoms with van der Waals surface area (Å²) in [6.07, 6.45) is -2.91. The van der Waals surface area contributed by atoms with E-state index in [1.807, 2.05) is 0 Å². The van der Waals surface area contributed by atoms with Gasteiger partial charge in [-0.2, -0.15) is 0 Å². The maximum Gasteiger partial charge on any atom is 0.417 e. The summed E-state index contributed by atoms with van der Waals surface area (Å²) in [5.41, 5.74) is -0.905. The Hall–Kier alpha value is -1.26. The molecular weight excluding hydrogens is 150 g/mol. The molecule has 0 aromatic rings. The van der Waals surface area contributed by atoms with Gasteiger partial charge in [0.1, 0.15) is 0 Å². The lowest BCUT2D eigenvalue weighted by Gasteiger charge is -2.28. The molecule has 0 bridgehead atoms. The molecule has 0 spiro atoms. The summed E-state index contributed by atoms with van der Waals surface area (Å²) in [5.74, 6) is 0. The van der Waals surface area contributed by atoms with Gasteiger partial charge in [0, 0.05) is 5.54 Å². The van der Waals surface area contributed by atoms with Gasteiger partial charge in [0.25, 0.3) is 0 Å². The number of imide groups is 1. The van der Waals surface area contributed by atoms with Gasteiger partial charge in [-0.05, 0) is 20.8 Å². The van der Waals surface area contributed by atoms with E-state index in [0.29, 0.717) is 4.90 Å². The van der Waals surface area contributed by atoms with E-state index in [4.69, 9.17) is 10.2 Å². The molecule has 2 amide bonds. The van der Waals surface area contributed by atoms with Crippen LogP contribution >= 0.6 is 0 Å². The number of carboxylic acid groups (broad SMARTS) is 2. The standard InChI is InChI=1S/C6H11NO4/c1-6(2,3)7(4(8)9)5(10)11/h1-3H3,(H,8,9)(H,10,11). The molecule has 0 heterocycles. The average Bonchev–Trinajstić information content (AvgIpc) is 1.54. The number of carbonyl (C=O) groups is 2. The quantitative estimate of drug-likeness (QED) is 0.563. The van der Waals surface area contributed by atoms with E-state index in [2.05, 4.69) is 0 Å². The van der Waals surface area contributed by atoms with Crippen LogP contribution < -0.4 is 0 Å². The minimum atomic E-state index is -1.45. The minimum absolute atomic E-state index is 0.354. The molecule has 2 N–H and O–H groups in total. The molecule has 0 fully saturated rings. The first-order valence-electron chi connectivity index (χ1n) is 3.03. The van der Waals surface area contributed by atoms with Crippen LogP contribution in [0.1, 0.15) is 20.8 Å². The highest BCUT2D eigenvalue weighted by atomic mass is 16.4. The van der Waals surface area contributed by atoms with Crippen LogP contribution in [0.25, 0.3) is 0 Å². The second-order valence-corrected chi connectivity index (χ2v) is 3.07. The third-order valence-corrected chi connectivity index (χ3v) is 1.05. The molecule has 0 saturated carbocycles. The van der Waals surface area contributed by atoms with Gasteiger partial charge in [-0.25, -0.2) is 14.5 Å². The first-order chi connectivity index (χ1) is 4.76.